The van der Waals surface area contributed by atoms with E-state index in [-0.39, 0.29) is 39.3 Å². The molecule has 1 unspecified atom stereocenters. The van der Waals surface area contributed by atoms with Crippen molar-refractivity contribution in [3.63, 3.8) is 0 Å². The van der Waals surface area contributed by atoms with E-state index in [1.165, 1.54) is 61.8 Å². The highest BCUT2D eigenvalue weighted by molar-refractivity contribution is 7.89. The van der Waals surface area contributed by atoms with E-state index in [0.717, 1.165) is 9.21 Å². The number of sulfonamides is 1. The number of aromatic nitrogens is 1. The fraction of sp³-hybridized carbons (Fsp3) is 0.167. The first-order valence-electron chi connectivity index (χ1n) is 10.6. The summed E-state index contributed by atoms with van der Waals surface area (Å²) in [6, 6.07) is 11.7. The Morgan fingerprint density at radius 3 is 2.50 bits per heavy atom. The maximum absolute atomic E-state index is 13.8. The van der Waals surface area contributed by atoms with Crippen LogP contribution in [0.5, 0.6) is 5.75 Å². The topological polar surface area (TPSA) is 114 Å². The number of imide groups is 1. The van der Waals surface area contributed by atoms with Crippen molar-refractivity contribution in [2.45, 2.75) is 30.8 Å². The van der Waals surface area contributed by atoms with Crippen LogP contribution in [0.1, 0.15) is 18.9 Å². The highest BCUT2D eigenvalue weighted by Crippen LogP contribution is 2.34. The van der Waals surface area contributed by atoms with Crippen molar-refractivity contribution in [3.8, 4) is 5.75 Å². The molecule has 1 aliphatic rings. The molecule has 0 saturated carbocycles. The summed E-state index contributed by atoms with van der Waals surface area (Å²) in [4.78, 5) is 42.2. The van der Waals surface area contributed by atoms with Crippen LogP contribution in [0.3, 0.4) is 0 Å². The Balaban J connectivity index is 1.73. The Kier molecular flexibility index (Phi) is 7.41. The van der Waals surface area contributed by atoms with Crippen molar-refractivity contribution in [1.82, 2.24) is 9.29 Å². The molecule has 4 rings (SSSR count). The first-order chi connectivity index (χ1) is 17.1. The third-order valence-corrected chi connectivity index (χ3v) is 7.94. The molecule has 1 saturated heterocycles. The SMILES string of the molecule is CC(=O)Oc1ccc(N2C(=O)CC(N(Cc3cccnc3)S(=O)(=O)c3cc(Cl)ccc3Cl)C2=O)cc1. The van der Waals surface area contributed by atoms with Crippen LogP contribution in [0.4, 0.5) is 5.69 Å². The van der Waals surface area contributed by atoms with Crippen molar-refractivity contribution in [3.05, 3.63) is 82.6 Å². The number of ether oxygens (including phenoxy) is 1. The van der Waals surface area contributed by atoms with Crippen LogP contribution in [0.2, 0.25) is 10.0 Å². The van der Waals surface area contributed by atoms with Gasteiger partial charge in [0.15, 0.2) is 0 Å². The van der Waals surface area contributed by atoms with E-state index in [9.17, 15) is 22.8 Å². The first-order valence-corrected chi connectivity index (χ1v) is 12.8. The number of pyridine rings is 1. The van der Waals surface area contributed by atoms with Gasteiger partial charge in [0.2, 0.25) is 15.9 Å². The number of benzene rings is 2. The van der Waals surface area contributed by atoms with Gasteiger partial charge in [-0.05, 0) is 54.1 Å². The summed E-state index contributed by atoms with van der Waals surface area (Å²) in [5.74, 6) is -1.61. The molecule has 2 aromatic carbocycles. The Labute approximate surface area is 217 Å². The molecule has 186 valence electrons. The largest absolute Gasteiger partial charge is 0.427 e. The average Bonchev–Trinajstić information content (AvgIpc) is 3.13. The van der Waals surface area contributed by atoms with Gasteiger partial charge in [-0.25, -0.2) is 13.3 Å². The second-order valence-electron chi connectivity index (χ2n) is 7.86. The predicted octanol–water partition coefficient (Wildman–Crippen LogP) is 3.84. The fourth-order valence-corrected chi connectivity index (χ4v) is 6.09. The monoisotopic (exact) mass is 547 g/mol. The van der Waals surface area contributed by atoms with E-state index in [2.05, 4.69) is 4.98 Å². The quantitative estimate of drug-likeness (QED) is 0.251. The van der Waals surface area contributed by atoms with E-state index >= 15 is 0 Å². The fourth-order valence-electron chi connectivity index (χ4n) is 3.78. The minimum Gasteiger partial charge on any atom is -0.427 e. The molecule has 3 aromatic rings. The van der Waals surface area contributed by atoms with Crippen LogP contribution < -0.4 is 9.64 Å². The second kappa shape index (κ2) is 10.4. The zero-order chi connectivity index (χ0) is 26.0. The van der Waals surface area contributed by atoms with Gasteiger partial charge >= 0.3 is 5.97 Å². The molecule has 2 amide bonds. The third-order valence-electron chi connectivity index (χ3n) is 5.37. The number of rotatable bonds is 7. The molecular weight excluding hydrogens is 529 g/mol. The molecule has 36 heavy (non-hydrogen) atoms. The molecule has 1 aromatic heterocycles. The number of hydrogen-bond donors (Lipinski definition) is 0. The van der Waals surface area contributed by atoms with Gasteiger partial charge in [-0.15, -0.1) is 0 Å². The maximum atomic E-state index is 13.8. The van der Waals surface area contributed by atoms with Crippen LogP contribution in [-0.2, 0) is 31.0 Å². The van der Waals surface area contributed by atoms with Crippen molar-refractivity contribution in [1.29, 1.82) is 0 Å². The number of anilines is 1. The number of carbonyl (C=O) groups excluding carboxylic acids is 3. The Hall–Kier alpha value is -3.31. The summed E-state index contributed by atoms with van der Waals surface area (Å²) < 4.78 is 33.5. The summed E-state index contributed by atoms with van der Waals surface area (Å²) in [5, 5.41) is 0.0629. The number of nitrogens with zero attached hydrogens (tertiary/aromatic N) is 3. The van der Waals surface area contributed by atoms with Crippen LogP contribution in [0.15, 0.2) is 71.9 Å². The van der Waals surface area contributed by atoms with Gasteiger partial charge in [-0.1, -0.05) is 29.3 Å². The molecule has 9 nitrogen and oxygen atoms in total. The van der Waals surface area contributed by atoms with Crippen LogP contribution >= 0.6 is 23.2 Å². The average molecular weight is 548 g/mol. The van der Waals surface area contributed by atoms with Crippen molar-refractivity contribution in [2.75, 3.05) is 4.90 Å². The van der Waals surface area contributed by atoms with Gasteiger partial charge in [-0.2, -0.15) is 4.31 Å². The standard InChI is InChI=1S/C24H19Cl2N3O6S/c1-15(30)35-19-7-5-18(6-8-19)29-23(31)12-21(24(29)32)28(14-16-3-2-10-27-13-16)36(33,34)22-11-17(25)4-9-20(22)26/h2-11,13,21H,12,14H2,1H3. The summed E-state index contributed by atoms with van der Waals surface area (Å²) in [5.41, 5.74) is 0.714. The van der Waals surface area contributed by atoms with E-state index in [1.54, 1.807) is 12.1 Å². The van der Waals surface area contributed by atoms with Gasteiger partial charge in [0.05, 0.1) is 17.1 Å². The Morgan fingerprint density at radius 1 is 1.14 bits per heavy atom. The smallest absolute Gasteiger partial charge is 0.308 e. The molecule has 0 aliphatic carbocycles. The number of halogens is 2. The number of hydrogen-bond acceptors (Lipinski definition) is 7. The number of esters is 1. The van der Waals surface area contributed by atoms with Gasteiger partial charge in [-0.3, -0.25) is 19.4 Å². The molecule has 0 radical (unpaired) electrons. The molecule has 2 heterocycles. The van der Waals surface area contributed by atoms with Crippen molar-refractivity contribution in [2.24, 2.45) is 0 Å². The van der Waals surface area contributed by atoms with Gasteiger partial charge in [0.1, 0.15) is 16.7 Å². The summed E-state index contributed by atoms with van der Waals surface area (Å²) in [7, 11) is -4.39. The van der Waals surface area contributed by atoms with E-state index in [0.29, 0.717) is 5.56 Å². The number of carbonyl (C=O) groups is 3. The summed E-state index contributed by atoms with van der Waals surface area (Å²) in [6.07, 6.45) is 2.61. The van der Waals surface area contributed by atoms with Crippen LogP contribution in [0.25, 0.3) is 0 Å². The van der Waals surface area contributed by atoms with E-state index < -0.39 is 33.8 Å². The van der Waals surface area contributed by atoms with Gasteiger partial charge in [0.25, 0.3) is 5.91 Å². The predicted molar refractivity (Wildman–Crippen MR) is 132 cm³/mol. The van der Waals surface area contributed by atoms with E-state index in [4.69, 9.17) is 27.9 Å². The molecule has 12 heteroatoms. The summed E-state index contributed by atoms with van der Waals surface area (Å²) >= 11 is 12.2. The third kappa shape index (κ3) is 5.26. The van der Waals surface area contributed by atoms with E-state index in [1.807, 2.05) is 0 Å². The van der Waals surface area contributed by atoms with Crippen LogP contribution in [-0.4, -0.2) is 41.5 Å². The van der Waals surface area contributed by atoms with Crippen LogP contribution in [0, 0.1) is 0 Å². The Bertz CT molecular complexity index is 1430. The van der Waals surface area contributed by atoms with Gasteiger partial charge in [0, 0.05) is 30.9 Å². The molecular formula is C24H19Cl2N3O6S. The normalized spacial score (nSPS) is 16.0. The zero-order valence-corrected chi connectivity index (χ0v) is 21.1. The molecule has 0 N–H and O–H groups in total. The highest BCUT2D eigenvalue weighted by Gasteiger charge is 2.47. The molecule has 1 aliphatic heterocycles. The minimum atomic E-state index is -4.39. The van der Waals surface area contributed by atoms with Gasteiger partial charge < -0.3 is 4.74 Å². The number of amides is 2. The zero-order valence-electron chi connectivity index (χ0n) is 18.8. The first kappa shape index (κ1) is 25.8. The molecule has 0 spiro atoms. The van der Waals surface area contributed by atoms with Crippen molar-refractivity contribution < 1.29 is 27.5 Å². The lowest BCUT2D eigenvalue weighted by atomic mass is 10.2. The summed E-state index contributed by atoms with van der Waals surface area (Å²) in [6.45, 7) is 1.01. The van der Waals surface area contributed by atoms with Crippen molar-refractivity contribution >= 4 is 56.7 Å². The molecule has 0 bridgehead atoms. The lowest BCUT2D eigenvalue weighted by Gasteiger charge is -2.27. The molecule has 1 fully saturated rings. The second-order valence-corrected chi connectivity index (χ2v) is 10.6. The highest BCUT2D eigenvalue weighted by atomic mass is 35.5. The molecule has 1 atom stereocenters. The lowest BCUT2D eigenvalue weighted by molar-refractivity contribution is -0.132. The maximum Gasteiger partial charge on any atom is 0.308 e. The Morgan fingerprint density at radius 2 is 1.86 bits per heavy atom. The minimum absolute atomic E-state index is 0.0784. The lowest BCUT2D eigenvalue weighted by Crippen LogP contribution is -2.45.